The molecule has 0 bridgehead atoms. The zero-order valence-corrected chi connectivity index (χ0v) is 12.0. The molecule has 1 aromatic rings. The number of hydrogen-bond donors (Lipinski definition) is 1. The van der Waals surface area contributed by atoms with E-state index in [1.165, 1.54) is 22.6 Å². The highest BCUT2D eigenvalue weighted by Crippen LogP contribution is 2.43. The van der Waals surface area contributed by atoms with Gasteiger partial charge < -0.3 is 5.32 Å². The highest BCUT2D eigenvalue weighted by Gasteiger charge is 2.25. The Hall–Kier alpha value is 0.0100. The molecule has 0 saturated heterocycles. The molecule has 1 aromatic heterocycles. The average molecular weight is 255 g/mol. The molecule has 0 aromatic carbocycles. The van der Waals surface area contributed by atoms with E-state index in [1.807, 2.05) is 23.1 Å². The summed E-state index contributed by atoms with van der Waals surface area (Å²) in [6.45, 7) is 8.07. The van der Waals surface area contributed by atoms with Crippen molar-refractivity contribution in [3.8, 4) is 0 Å². The molecule has 1 N–H and O–H groups in total. The van der Waals surface area contributed by atoms with E-state index in [2.05, 4.69) is 37.5 Å². The zero-order chi connectivity index (χ0) is 11.5. The molecule has 3 heteroatoms. The van der Waals surface area contributed by atoms with E-state index in [1.54, 1.807) is 0 Å². The van der Waals surface area contributed by atoms with Crippen molar-refractivity contribution in [1.82, 2.24) is 5.32 Å². The van der Waals surface area contributed by atoms with Crippen LogP contribution in [0.4, 0.5) is 0 Å². The van der Waals surface area contributed by atoms with Gasteiger partial charge in [0.2, 0.25) is 0 Å². The van der Waals surface area contributed by atoms with Gasteiger partial charge in [0.1, 0.15) is 0 Å². The first kappa shape index (κ1) is 12.5. The van der Waals surface area contributed by atoms with Crippen LogP contribution in [0.5, 0.6) is 0 Å². The van der Waals surface area contributed by atoms with E-state index in [0.29, 0.717) is 6.04 Å². The van der Waals surface area contributed by atoms with Crippen molar-refractivity contribution < 1.29 is 0 Å². The second-order valence-corrected chi connectivity index (χ2v) is 7.43. The molecule has 0 saturated carbocycles. The monoisotopic (exact) mass is 255 g/mol. The second-order valence-electron chi connectivity index (χ2n) is 4.80. The van der Waals surface area contributed by atoms with Crippen molar-refractivity contribution in [1.29, 1.82) is 0 Å². The van der Waals surface area contributed by atoms with Gasteiger partial charge in [-0.25, -0.2) is 0 Å². The predicted molar refractivity (Wildman–Crippen MR) is 74.5 cm³/mol. The molecule has 90 valence electrons. The highest BCUT2D eigenvalue weighted by molar-refractivity contribution is 8.01. The fourth-order valence-corrected chi connectivity index (χ4v) is 4.60. The van der Waals surface area contributed by atoms with Crippen molar-refractivity contribution in [2.75, 3.05) is 6.54 Å². The van der Waals surface area contributed by atoms with Gasteiger partial charge >= 0.3 is 0 Å². The van der Waals surface area contributed by atoms with Crippen molar-refractivity contribution in [2.24, 2.45) is 5.92 Å². The van der Waals surface area contributed by atoms with Crippen LogP contribution in [-0.2, 0) is 0 Å². The Morgan fingerprint density at radius 1 is 1.56 bits per heavy atom. The molecule has 2 unspecified atom stereocenters. The minimum atomic E-state index is 0.589. The van der Waals surface area contributed by atoms with E-state index in [4.69, 9.17) is 0 Å². The number of nitrogens with one attached hydrogen (secondary N) is 1. The summed E-state index contributed by atoms with van der Waals surface area (Å²) in [7, 11) is 0. The quantitative estimate of drug-likeness (QED) is 0.860. The van der Waals surface area contributed by atoms with Crippen molar-refractivity contribution in [3.05, 3.63) is 17.0 Å². The van der Waals surface area contributed by atoms with E-state index < -0.39 is 0 Å². The van der Waals surface area contributed by atoms with Gasteiger partial charge in [0.15, 0.2) is 0 Å². The van der Waals surface area contributed by atoms with Gasteiger partial charge in [0.25, 0.3) is 0 Å². The molecule has 0 amide bonds. The summed E-state index contributed by atoms with van der Waals surface area (Å²) in [6, 6.07) is 2.89. The minimum Gasteiger partial charge on any atom is -0.310 e. The lowest BCUT2D eigenvalue weighted by atomic mass is 10.0. The van der Waals surface area contributed by atoms with Gasteiger partial charge in [0.05, 0.1) is 4.21 Å². The third kappa shape index (κ3) is 2.82. The average Bonchev–Trinajstić information content (AvgIpc) is 2.73. The predicted octanol–water partition coefficient (Wildman–Crippen LogP) is 4.31. The molecule has 1 aliphatic heterocycles. The Morgan fingerprint density at radius 2 is 2.38 bits per heavy atom. The molecule has 2 heterocycles. The third-order valence-corrected chi connectivity index (χ3v) is 5.66. The van der Waals surface area contributed by atoms with Crippen LogP contribution in [0.2, 0.25) is 0 Å². The lowest BCUT2D eigenvalue weighted by Gasteiger charge is -2.28. The van der Waals surface area contributed by atoms with Crippen LogP contribution >= 0.6 is 23.1 Å². The molecular weight excluding hydrogens is 234 g/mol. The first-order valence-electron chi connectivity index (χ1n) is 6.18. The van der Waals surface area contributed by atoms with E-state index in [9.17, 15) is 0 Å². The maximum absolute atomic E-state index is 3.74. The van der Waals surface area contributed by atoms with E-state index in [0.717, 1.165) is 17.7 Å². The Kier molecular flexibility index (Phi) is 4.34. The van der Waals surface area contributed by atoms with Crippen LogP contribution in [0.25, 0.3) is 0 Å². The number of thiophene rings is 1. The standard InChI is InChI=1S/C13H21NS2/c1-4-9(2)8-14-12-7-10(3)16-13-11(12)5-6-15-13/h5-6,9-10,12,14H,4,7-8H2,1-3H3/t9?,10-,12?/m0/s1. The molecule has 2 rings (SSSR count). The first-order valence-corrected chi connectivity index (χ1v) is 7.94. The van der Waals surface area contributed by atoms with Gasteiger partial charge in [-0.1, -0.05) is 27.2 Å². The SMILES string of the molecule is CCC(C)CNC1C[C@H](C)Sc2sccc21. The molecular formula is C13H21NS2. The summed E-state index contributed by atoms with van der Waals surface area (Å²) in [5, 5.41) is 6.72. The largest absolute Gasteiger partial charge is 0.310 e. The molecule has 1 nitrogen and oxygen atoms in total. The zero-order valence-electron chi connectivity index (χ0n) is 10.3. The fourth-order valence-electron chi connectivity index (χ4n) is 2.03. The van der Waals surface area contributed by atoms with Gasteiger partial charge in [-0.15, -0.1) is 23.1 Å². The molecule has 0 radical (unpaired) electrons. The van der Waals surface area contributed by atoms with Crippen LogP contribution in [0.3, 0.4) is 0 Å². The molecule has 0 aliphatic carbocycles. The van der Waals surface area contributed by atoms with Gasteiger partial charge in [-0.2, -0.15) is 0 Å². The van der Waals surface area contributed by atoms with Crippen molar-refractivity contribution >= 4 is 23.1 Å². The summed E-state index contributed by atoms with van der Waals surface area (Å²) < 4.78 is 1.53. The van der Waals surface area contributed by atoms with Crippen LogP contribution in [0, 0.1) is 5.92 Å². The number of hydrogen-bond acceptors (Lipinski definition) is 3. The van der Waals surface area contributed by atoms with Crippen LogP contribution < -0.4 is 5.32 Å². The van der Waals surface area contributed by atoms with Gasteiger partial charge in [-0.05, 0) is 35.9 Å². The smallest absolute Gasteiger partial charge is 0.0649 e. The van der Waals surface area contributed by atoms with Gasteiger partial charge in [0, 0.05) is 11.3 Å². The summed E-state index contributed by atoms with van der Waals surface area (Å²) in [4.78, 5) is 0. The Bertz CT molecular complexity index is 334. The summed E-state index contributed by atoms with van der Waals surface area (Å²) in [5.74, 6) is 0.784. The third-order valence-electron chi connectivity index (χ3n) is 3.32. The number of thioether (sulfide) groups is 1. The number of rotatable bonds is 4. The lowest BCUT2D eigenvalue weighted by Crippen LogP contribution is -2.29. The van der Waals surface area contributed by atoms with E-state index in [-0.39, 0.29) is 0 Å². The van der Waals surface area contributed by atoms with Crippen LogP contribution in [0.15, 0.2) is 15.7 Å². The van der Waals surface area contributed by atoms with Crippen LogP contribution in [-0.4, -0.2) is 11.8 Å². The number of fused-ring (bicyclic) bond motifs is 1. The molecule has 16 heavy (non-hydrogen) atoms. The maximum atomic E-state index is 3.74. The molecule has 3 atom stereocenters. The highest BCUT2D eigenvalue weighted by atomic mass is 32.2. The Balaban J connectivity index is 2.00. The second kappa shape index (κ2) is 5.56. The van der Waals surface area contributed by atoms with Crippen LogP contribution in [0.1, 0.15) is 45.2 Å². The first-order chi connectivity index (χ1) is 7.70. The summed E-state index contributed by atoms with van der Waals surface area (Å²) >= 11 is 3.94. The van der Waals surface area contributed by atoms with Gasteiger partial charge in [-0.3, -0.25) is 0 Å². The van der Waals surface area contributed by atoms with E-state index >= 15 is 0 Å². The minimum absolute atomic E-state index is 0.589. The Labute approximate surface area is 107 Å². The lowest BCUT2D eigenvalue weighted by molar-refractivity contribution is 0.423. The fraction of sp³-hybridized carbons (Fsp3) is 0.692. The molecule has 1 aliphatic rings. The normalized spacial score (nSPS) is 26.4. The molecule has 0 spiro atoms. The summed E-state index contributed by atoms with van der Waals surface area (Å²) in [5.41, 5.74) is 1.54. The topological polar surface area (TPSA) is 12.0 Å². The van der Waals surface area contributed by atoms with Crippen molar-refractivity contribution in [3.63, 3.8) is 0 Å². The molecule has 0 fully saturated rings. The summed E-state index contributed by atoms with van der Waals surface area (Å²) in [6.07, 6.45) is 2.53. The van der Waals surface area contributed by atoms with Crippen molar-refractivity contribution in [2.45, 2.75) is 49.1 Å². The maximum Gasteiger partial charge on any atom is 0.0649 e. The Morgan fingerprint density at radius 3 is 3.12 bits per heavy atom.